The molecule has 0 aliphatic carbocycles. The number of carboxylic acids is 1. The molecule has 0 aliphatic heterocycles. The first kappa shape index (κ1) is 25.8. The van der Waals surface area contributed by atoms with Gasteiger partial charge in [-0.25, -0.2) is 17.9 Å². The van der Waals surface area contributed by atoms with Crippen LogP contribution in [-0.4, -0.2) is 30.8 Å². The number of rotatable bonds is 9. The lowest BCUT2D eigenvalue weighted by Gasteiger charge is -2.15. The zero-order chi connectivity index (χ0) is 25.1. The molecule has 7 nitrogen and oxygen atoms in total. The van der Waals surface area contributed by atoms with Crippen LogP contribution in [0, 0.1) is 0 Å². The van der Waals surface area contributed by atoms with Crippen LogP contribution in [0.4, 0.5) is 13.2 Å². The standard InChI is InChI=1S/C22H19ClF3NO6S/c23-18-10-15(7-8-16-2-1-9-33-16)17(21(29)30)11-19(18)34(31,32)27-12-13-3-5-14(6-4-13)20(28)22(24,25)26/h1-6,9-11,20,27-28H,7-8,12H2,(H,29,30). The summed E-state index contributed by atoms with van der Waals surface area (Å²) in [6, 6.07) is 10.2. The number of carboxylic acid groups (broad SMARTS) is 1. The number of aliphatic hydroxyl groups is 1. The summed E-state index contributed by atoms with van der Waals surface area (Å²) in [6.45, 7) is -0.302. The number of aryl methyl sites for hydroxylation is 2. The Kier molecular flexibility index (Phi) is 7.71. The molecule has 3 N–H and O–H groups in total. The number of sulfonamides is 1. The molecule has 3 aromatic rings. The Hall–Kier alpha value is -2.86. The molecule has 12 heteroatoms. The molecule has 3 rings (SSSR count). The predicted molar refractivity (Wildman–Crippen MR) is 116 cm³/mol. The van der Waals surface area contributed by atoms with Gasteiger partial charge < -0.3 is 14.6 Å². The molecule has 1 aromatic heterocycles. The smallest absolute Gasteiger partial charge is 0.418 e. The largest absolute Gasteiger partial charge is 0.478 e. The Morgan fingerprint density at radius 1 is 1.12 bits per heavy atom. The molecule has 0 radical (unpaired) electrons. The molecule has 0 aliphatic rings. The van der Waals surface area contributed by atoms with Crippen LogP contribution in [0.25, 0.3) is 0 Å². The molecular weight excluding hydrogens is 499 g/mol. The number of hydrogen-bond donors (Lipinski definition) is 3. The van der Waals surface area contributed by atoms with E-state index in [-0.39, 0.29) is 23.6 Å². The van der Waals surface area contributed by atoms with E-state index in [9.17, 15) is 36.6 Å². The van der Waals surface area contributed by atoms with Gasteiger partial charge in [0, 0.05) is 13.0 Å². The van der Waals surface area contributed by atoms with Crippen LogP contribution < -0.4 is 4.72 Å². The highest BCUT2D eigenvalue weighted by Gasteiger charge is 2.39. The van der Waals surface area contributed by atoms with Gasteiger partial charge in [0.2, 0.25) is 10.0 Å². The van der Waals surface area contributed by atoms with Gasteiger partial charge >= 0.3 is 12.1 Å². The summed E-state index contributed by atoms with van der Waals surface area (Å²) in [4.78, 5) is 11.3. The first-order valence-corrected chi connectivity index (χ1v) is 11.7. The third-order valence-electron chi connectivity index (χ3n) is 4.97. The average Bonchev–Trinajstić information content (AvgIpc) is 3.29. The van der Waals surface area contributed by atoms with Crippen molar-refractivity contribution in [2.24, 2.45) is 0 Å². The second-order valence-corrected chi connectivity index (χ2v) is 9.48. The molecule has 34 heavy (non-hydrogen) atoms. The van der Waals surface area contributed by atoms with Gasteiger partial charge in [-0.3, -0.25) is 0 Å². The van der Waals surface area contributed by atoms with Crippen molar-refractivity contribution in [2.45, 2.75) is 36.6 Å². The van der Waals surface area contributed by atoms with Gasteiger partial charge in [-0.1, -0.05) is 35.9 Å². The SMILES string of the molecule is O=C(O)c1cc(S(=O)(=O)NCc2ccc(C(O)C(F)(F)F)cc2)c(Cl)cc1CCc1ccco1. The Labute approximate surface area is 197 Å². The molecule has 2 aromatic carbocycles. The van der Waals surface area contributed by atoms with Crippen molar-refractivity contribution >= 4 is 27.6 Å². The van der Waals surface area contributed by atoms with E-state index in [2.05, 4.69) is 4.72 Å². The zero-order valence-electron chi connectivity index (χ0n) is 17.3. The molecule has 1 heterocycles. The molecule has 0 fully saturated rings. The van der Waals surface area contributed by atoms with Gasteiger partial charge in [0.25, 0.3) is 0 Å². The van der Waals surface area contributed by atoms with Crippen molar-refractivity contribution in [3.8, 4) is 0 Å². The fourth-order valence-electron chi connectivity index (χ4n) is 3.18. The number of alkyl halides is 3. The van der Waals surface area contributed by atoms with Crippen LogP contribution >= 0.6 is 11.6 Å². The summed E-state index contributed by atoms with van der Waals surface area (Å²) in [7, 11) is -4.26. The normalized spacial score (nSPS) is 13.1. The summed E-state index contributed by atoms with van der Waals surface area (Å²) >= 11 is 6.16. The number of benzene rings is 2. The van der Waals surface area contributed by atoms with Crippen molar-refractivity contribution in [3.05, 3.63) is 87.8 Å². The van der Waals surface area contributed by atoms with E-state index in [1.54, 1.807) is 12.1 Å². The Morgan fingerprint density at radius 3 is 2.35 bits per heavy atom. The topological polar surface area (TPSA) is 117 Å². The average molecular weight is 518 g/mol. The maximum Gasteiger partial charge on any atom is 0.418 e. The van der Waals surface area contributed by atoms with Crippen LogP contribution in [0.15, 0.2) is 64.1 Å². The molecule has 0 amide bonds. The van der Waals surface area contributed by atoms with E-state index in [0.717, 1.165) is 18.2 Å². The van der Waals surface area contributed by atoms with Crippen LogP contribution in [0.1, 0.15) is 38.9 Å². The highest BCUT2D eigenvalue weighted by molar-refractivity contribution is 7.89. The van der Waals surface area contributed by atoms with Crippen molar-refractivity contribution in [1.29, 1.82) is 0 Å². The minimum atomic E-state index is -4.83. The minimum absolute atomic E-state index is 0.185. The number of aliphatic hydroxyl groups excluding tert-OH is 1. The van der Waals surface area contributed by atoms with Crippen LogP contribution in [0.5, 0.6) is 0 Å². The second-order valence-electron chi connectivity index (χ2n) is 7.33. The fourth-order valence-corrected chi connectivity index (χ4v) is 4.77. The molecule has 0 saturated heterocycles. The summed E-state index contributed by atoms with van der Waals surface area (Å²) in [5, 5.41) is 18.6. The maximum absolute atomic E-state index is 12.8. The van der Waals surface area contributed by atoms with E-state index in [1.807, 2.05) is 0 Å². The minimum Gasteiger partial charge on any atom is -0.478 e. The van der Waals surface area contributed by atoms with Gasteiger partial charge in [-0.2, -0.15) is 13.2 Å². The number of nitrogens with one attached hydrogen (secondary N) is 1. The molecule has 0 saturated carbocycles. The van der Waals surface area contributed by atoms with Gasteiger partial charge in [0.15, 0.2) is 6.10 Å². The Bertz CT molecular complexity index is 1260. The lowest BCUT2D eigenvalue weighted by molar-refractivity contribution is -0.206. The lowest BCUT2D eigenvalue weighted by Crippen LogP contribution is -2.24. The lowest BCUT2D eigenvalue weighted by atomic mass is 10.0. The monoisotopic (exact) mass is 517 g/mol. The van der Waals surface area contributed by atoms with Crippen molar-refractivity contribution in [2.75, 3.05) is 0 Å². The van der Waals surface area contributed by atoms with E-state index in [0.29, 0.717) is 23.3 Å². The predicted octanol–water partition coefficient (Wildman–Crippen LogP) is 4.49. The number of carbonyl (C=O) groups is 1. The molecule has 1 atom stereocenters. The molecule has 0 spiro atoms. The number of aromatic carboxylic acids is 1. The first-order valence-electron chi connectivity index (χ1n) is 9.80. The van der Waals surface area contributed by atoms with Crippen molar-refractivity contribution < 1.29 is 41.0 Å². The molecule has 182 valence electrons. The van der Waals surface area contributed by atoms with Crippen LogP contribution in [0.2, 0.25) is 5.02 Å². The van der Waals surface area contributed by atoms with Crippen molar-refractivity contribution in [3.63, 3.8) is 0 Å². The van der Waals surface area contributed by atoms with Gasteiger partial charge in [-0.05, 0) is 47.4 Å². The quantitative estimate of drug-likeness (QED) is 0.385. The fraction of sp³-hybridized carbons (Fsp3) is 0.227. The van der Waals surface area contributed by atoms with Crippen LogP contribution in [-0.2, 0) is 29.4 Å². The Balaban J connectivity index is 1.77. The molecule has 0 bridgehead atoms. The number of hydrogen-bond acceptors (Lipinski definition) is 5. The third-order valence-corrected chi connectivity index (χ3v) is 6.84. The van der Waals surface area contributed by atoms with Gasteiger partial charge in [0.05, 0.1) is 16.8 Å². The zero-order valence-corrected chi connectivity index (χ0v) is 18.9. The number of halogens is 4. The summed E-state index contributed by atoms with van der Waals surface area (Å²) in [5.74, 6) is -0.707. The van der Waals surface area contributed by atoms with Gasteiger partial charge in [-0.15, -0.1) is 0 Å². The van der Waals surface area contributed by atoms with E-state index >= 15 is 0 Å². The number of furan rings is 1. The van der Waals surface area contributed by atoms with Crippen LogP contribution in [0.3, 0.4) is 0 Å². The first-order chi connectivity index (χ1) is 15.9. The highest BCUT2D eigenvalue weighted by atomic mass is 35.5. The maximum atomic E-state index is 12.8. The Morgan fingerprint density at radius 2 is 1.79 bits per heavy atom. The summed E-state index contributed by atoms with van der Waals surface area (Å²) < 4.78 is 70.8. The summed E-state index contributed by atoms with van der Waals surface area (Å²) in [6.07, 6.45) is -5.37. The van der Waals surface area contributed by atoms with E-state index in [1.165, 1.54) is 24.5 Å². The van der Waals surface area contributed by atoms with Crippen molar-refractivity contribution in [1.82, 2.24) is 4.72 Å². The second kappa shape index (κ2) is 10.2. The third kappa shape index (κ3) is 6.17. The van der Waals surface area contributed by atoms with Gasteiger partial charge in [0.1, 0.15) is 10.7 Å². The summed E-state index contributed by atoms with van der Waals surface area (Å²) in [5.41, 5.74) is 0.0122. The highest BCUT2D eigenvalue weighted by Crippen LogP contribution is 2.32. The molecule has 1 unspecified atom stereocenters. The van der Waals surface area contributed by atoms with E-state index < -0.39 is 38.7 Å². The molecular formula is C22H19ClF3NO6S. The van der Waals surface area contributed by atoms with E-state index in [4.69, 9.17) is 16.0 Å².